The van der Waals surface area contributed by atoms with E-state index in [1.807, 2.05) is 18.2 Å². The topological polar surface area (TPSA) is 100 Å². The highest BCUT2D eigenvalue weighted by atomic mass is 19.4. The van der Waals surface area contributed by atoms with Crippen LogP contribution in [-0.2, 0) is 12.6 Å². The Morgan fingerprint density at radius 1 is 0.920 bits per heavy atom. The van der Waals surface area contributed by atoms with E-state index in [4.69, 9.17) is 4.74 Å². The van der Waals surface area contributed by atoms with Crippen LogP contribution in [-0.4, -0.2) is 74.7 Å². The van der Waals surface area contributed by atoms with Crippen molar-refractivity contribution in [3.05, 3.63) is 114 Å². The Balaban J connectivity index is 1.09. The number of likely N-dealkylation sites (N-methyl/N-ethyl adjacent to an activating group) is 1. The molecule has 3 heterocycles. The highest BCUT2D eigenvalue weighted by Gasteiger charge is 2.40. The smallest absolute Gasteiger partial charge is 0.434 e. The van der Waals surface area contributed by atoms with E-state index in [0.717, 1.165) is 93.5 Å². The van der Waals surface area contributed by atoms with Crippen molar-refractivity contribution >= 4 is 23.2 Å². The summed E-state index contributed by atoms with van der Waals surface area (Å²) in [7, 11) is 0. The Kier molecular flexibility index (Phi) is 10.3. The first kappa shape index (κ1) is 34.5. The molecular weight excluding hydrogens is 659 g/mol. The number of halogens is 5. The largest absolute Gasteiger partial charge is 0.436 e. The van der Waals surface area contributed by atoms with Crippen molar-refractivity contribution in [2.75, 3.05) is 49.9 Å². The van der Waals surface area contributed by atoms with Gasteiger partial charge in [-0.3, -0.25) is 4.79 Å². The van der Waals surface area contributed by atoms with Crippen LogP contribution < -0.4 is 15.4 Å². The number of nitrogens with zero attached hydrogens (tertiary/aromatic N) is 6. The monoisotopic (exact) mass is 692 g/mol. The van der Waals surface area contributed by atoms with Gasteiger partial charge in [0.2, 0.25) is 11.8 Å². The second-order valence-corrected chi connectivity index (χ2v) is 11.6. The lowest BCUT2D eigenvalue weighted by atomic mass is 10.1. The molecule has 2 aromatic heterocycles. The quantitative estimate of drug-likeness (QED) is 0.144. The fourth-order valence-corrected chi connectivity index (χ4v) is 5.55. The Labute approximate surface area is 284 Å². The molecule has 50 heavy (non-hydrogen) atoms. The normalized spacial score (nSPS) is 14.0. The van der Waals surface area contributed by atoms with Crippen LogP contribution in [0.1, 0.15) is 28.5 Å². The number of benzene rings is 3. The van der Waals surface area contributed by atoms with Crippen molar-refractivity contribution in [3.63, 3.8) is 0 Å². The lowest BCUT2D eigenvalue weighted by molar-refractivity contribution is -0.143. The number of carbonyl (C=O) groups is 1. The van der Waals surface area contributed by atoms with E-state index in [9.17, 15) is 22.4 Å². The van der Waals surface area contributed by atoms with Gasteiger partial charge >= 0.3 is 6.18 Å². The predicted molar refractivity (Wildman–Crippen MR) is 177 cm³/mol. The van der Waals surface area contributed by atoms with E-state index in [2.05, 4.69) is 48.5 Å². The first-order valence-corrected chi connectivity index (χ1v) is 15.9. The molecule has 0 unspecified atom stereocenters. The van der Waals surface area contributed by atoms with Crippen LogP contribution in [0.15, 0.2) is 85.2 Å². The molecule has 0 atom stereocenters. The van der Waals surface area contributed by atoms with Gasteiger partial charge in [0.1, 0.15) is 5.82 Å². The average Bonchev–Trinajstić information content (AvgIpc) is 3.56. The molecule has 0 aliphatic carbocycles. The summed E-state index contributed by atoms with van der Waals surface area (Å²) in [4.78, 5) is 26.3. The molecule has 3 aromatic carbocycles. The van der Waals surface area contributed by atoms with E-state index in [-0.39, 0.29) is 29.0 Å². The van der Waals surface area contributed by atoms with Crippen LogP contribution in [0.3, 0.4) is 0 Å². The summed E-state index contributed by atoms with van der Waals surface area (Å²) in [6, 6.07) is 16.9. The fourth-order valence-electron chi connectivity index (χ4n) is 5.55. The number of aromatic nitrogens is 4. The van der Waals surface area contributed by atoms with Gasteiger partial charge in [-0.25, -0.2) is 18.4 Å². The third-order valence-electron chi connectivity index (χ3n) is 8.20. The van der Waals surface area contributed by atoms with Crippen LogP contribution in [0.5, 0.6) is 11.6 Å². The van der Waals surface area contributed by atoms with Crippen molar-refractivity contribution in [2.45, 2.75) is 19.5 Å². The van der Waals surface area contributed by atoms with Crippen LogP contribution >= 0.6 is 0 Å². The van der Waals surface area contributed by atoms with E-state index >= 15 is 4.39 Å². The van der Waals surface area contributed by atoms with Gasteiger partial charge < -0.3 is 25.2 Å². The molecule has 1 aliphatic heterocycles. The van der Waals surface area contributed by atoms with Crippen LogP contribution in [0.2, 0.25) is 0 Å². The molecule has 5 aromatic rings. The predicted octanol–water partition coefficient (Wildman–Crippen LogP) is 6.93. The minimum Gasteiger partial charge on any atom is -0.436 e. The van der Waals surface area contributed by atoms with E-state index < -0.39 is 35.0 Å². The second-order valence-electron chi connectivity index (χ2n) is 11.6. The maximum absolute atomic E-state index is 15.1. The van der Waals surface area contributed by atoms with Crippen molar-refractivity contribution in [2.24, 2.45) is 0 Å². The summed E-state index contributed by atoms with van der Waals surface area (Å²) in [6.07, 6.45) is -1.91. The molecule has 6 rings (SSSR count). The summed E-state index contributed by atoms with van der Waals surface area (Å²) >= 11 is 0. The van der Waals surface area contributed by atoms with E-state index in [0.29, 0.717) is 4.68 Å². The maximum Gasteiger partial charge on any atom is 0.434 e. The van der Waals surface area contributed by atoms with Crippen LogP contribution in [0.4, 0.5) is 39.3 Å². The Morgan fingerprint density at radius 2 is 1.68 bits per heavy atom. The second kappa shape index (κ2) is 15.0. The van der Waals surface area contributed by atoms with Crippen LogP contribution in [0.25, 0.3) is 5.69 Å². The molecule has 15 heteroatoms. The SMILES string of the molecule is CCN1CCN(CCc2cccc(Nc3nccc(Oc4ccc(NC(=O)c5cnn(-c6ccc(F)cc6)c5C(F)(F)F)cc4F)n3)c2)CC1. The summed E-state index contributed by atoms with van der Waals surface area (Å²) in [5.74, 6) is -2.72. The average molecular weight is 693 g/mol. The Bertz CT molecular complexity index is 1940. The minimum atomic E-state index is -4.99. The van der Waals surface area contributed by atoms with Crippen molar-refractivity contribution in [1.82, 2.24) is 29.5 Å². The molecule has 10 nitrogen and oxygen atoms in total. The fraction of sp³-hybridized carbons (Fsp3) is 0.257. The van der Waals surface area contributed by atoms with E-state index in [1.165, 1.54) is 24.4 Å². The van der Waals surface area contributed by atoms with Crippen molar-refractivity contribution in [3.8, 4) is 17.3 Å². The van der Waals surface area contributed by atoms with E-state index in [1.54, 1.807) is 0 Å². The summed E-state index contributed by atoms with van der Waals surface area (Å²) in [5.41, 5.74) is -0.475. The number of amides is 1. The Morgan fingerprint density at radius 3 is 2.40 bits per heavy atom. The van der Waals surface area contributed by atoms with Gasteiger partial charge in [-0.15, -0.1) is 0 Å². The molecule has 0 radical (unpaired) electrons. The van der Waals surface area contributed by atoms with Crippen molar-refractivity contribution < 1.29 is 31.5 Å². The first-order valence-electron chi connectivity index (χ1n) is 15.9. The standard InChI is InChI=1S/C35H33F5N8O2/c1-2-46-16-18-47(19-17-46)15-13-23-4-3-5-25(20-23)44-34-41-14-12-31(45-34)50-30-11-8-26(21-29(30)37)43-33(49)28-22-42-48(32(28)35(38,39)40)27-9-6-24(36)7-10-27/h3-12,14,20-22H,2,13,15-19H2,1H3,(H,43,49)(H,41,44,45). The molecule has 260 valence electrons. The lowest BCUT2D eigenvalue weighted by Crippen LogP contribution is -2.46. The zero-order valence-corrected chi connectivity index (χ0v) is 26.9. The highest BCUT2D eigenvalue weighted by molar-refractivity contribution is 6.05. The van der Waals surface area contributed by atoms with Gasteiger partial charge in [0, 0.05) is 62.4 Å². The lowest BCUT2D eigenvalue weighted by Gasteiger charge is -2.34. The number of hydrogen-bond donors (Lipinski definition) is 2. The van der Waals surface area contributed by atoms with Gasteiger partial charge in [-0.2, -0.15) is 23.3 Å². The highest BCUT2D eigenvalue weighted by Crippen LogP contribution is 2.34. The molecule has 1 fully saturated rings. The third kappa shape index (κ3) is 8.41. The van der Waals surface area contributed by atoms with Gasteiger partial charge in [0.15, 0.2) is 17.3 Å². The van der Waals surface area contributed by atoms with Gasteiger partial charge in [-0.1, -0.05) is 19.1 Å². The molecule has 0 bridgehead atoms. The van der Waals surface area contributed by atoms with Gasteiger partial charge in [0.05, 0.1) is 17.4 Å². The summed E-state index contributed by atoms with van der Waals surface area (Å²) < 4.78 is 76.5. The third-order valence-corrected chi connectivity index (χ3v) is 8.20. The number of nitrogens with one attached hydrogen (secondary N) is 2. The molecule has 1 aliphatic rings. The van der Waals surface area contributed by atoms with Gasteiger partial charge in [-0.05, 0) is 67.1 Å². The molecule has 0 spiro atoms. The number of piperazine rings is 1. The molecule has 0 saturated carbocycles. The summed E-state index contributed by atoms with van der Waals surface area (Å²) in [6.45, 7) is 8.49. The Hall–Kier alpha value is -5.41. The molecule has 1 amide bonds. The zero-order valence-electron chi connectivity index (χ0n) is 26.9. The minimum absolute atomic E-state index is 0.0311. The van der Waals surface area contributed by atoms with Crippen LogP contribution in [0, 0.1) is 11.6 Å². The number of rotatable bonds is 11. The maximum atomic E-state index is 15.1. The molecule has 2 N–H and O–H groups in total. The number of ether oxygens (including phenoxy) is 1. The number of anilines is 3. The number of alkyl halides is 3. The van der Waals surface area contributed by atoms with Gasteiger partial charge in [0.25, 0.3) is 5.91 Å². The molecule has 1 saturated heterocycles. The number of carbonyl (C=O) groups excluding carboxylic acids is 1. The zero-order chi connectivity index (χ0) is 35.3. The number of hydrogen-bond acceptors (Lipinski definition) is 8. The van der Waals surface area contributed by atoms with Crippen molar-refractivity contribution in [1.29, 1.82) is 0 Å². The first-order chi connectivity index (χ1) is 24.1. The summed E-state index contributed by atoms with van der Waals surface area (Å²) in [5, 5.41) is 9.10. The molecular formula is C35H33F5N8O2.